The standard InChI is InChI=1S/C6H6N4OS/c1-2-3-4(10-9-2)5(12)8-6(11)7-3/h1H3,(H,9,10)(H2,7,8,11,12). The van der Waals surface area contributed by atoms with Crippen molar-refractivity contribution in [3.63, 3.8) is 0 Å². The smallest absolute Gasteiger partial charge is 0.304 e. The van der Waals surface area contributed by atoms with Crippen molar-refractivity contribution in [2.45, 2.75) is 6.92 Å². The zero-order valence-corrected chi connectivity index (χ0v) is 7.08. The molecule has 0 aliphatic heterocycles. The van der Waals surface area contributed by atoms with Gasteiger partial charge in [0, 0.05) is 0 Å². The number of aromatic nitrogens is 4. The van der Waals surface area contributed by atoms with Crippen molar-refractivity contribution in [3.05, 3.63) is 20.8 Å². The van der Waals surface area contributed by atoms with Crippen LogP contribution in [0.5, 0.6) is 0 Å². The maximum atomic E-state index is 10.9. The lowest BCUT2D eigenvalue weighted by Crippen LogP contribution is -2.09. The lowest BCUT2D eigenvalue weighted by molar-refractivity contribution is 1.06. The lowest BCUT2D eigenvalue weighted by Gasteiger charge is -1.87. The van der Waals surface area contributed by atoms with E-state index in [1.165, 1.54) is 0 Å². The molecule has 0 radical (unpaired) electrons. The SMILES string of the molecule is Cc1[nH]nc2c(=S)[nH]c(=O)[nH]c12. The van der Waals surface area contributed by atoms with Gasteiger partial charge in [-0.1, -0.05) is 12.2 Å². The second-order valence-electron chi connectivity index (χ2n) is 2.48. The van der Waals surface area contributed by atoms with Crippen molar-refractivity contribution < 1.29 is 0 Å². The molecule has 3 N–H and O–H groups in total. The lowest BCUT2D eigenvalue weighted by atomic mass is 10.4. The first kappa shape index (κ1) is 7.23. The van der Waals surface area contributed by atoms with Gasteiger partial charge in [0.1, 0.15) is 10.2 Å². The molecule has 12 heavy (non-hydrogen) atoms. The predicted octanol–water partition coefficient (Wildman–Crippen LogP) is 0.617. The van der Waals surface area contributed by atoms with Gasteiger partial charge in [-0.05, 0) is 6.92 Å². The summed E-state index contributed by atoms with van der Waals surface area (Å²) in [5.74, 6) is 0. The molecule has 2 heterocycles. The topological polar surface area (TPSA) is 77.3 Å². The van der Waals surface area contributed by atoms with E-state index >= 15 is 0 Å². The monoisotopic (exact) mass is 182 g/mol. The highest BCUT2D eigenvalue weighted by Crippen LogP contribution is 2.08. The molecule has 0 atom stereocenters. The Morgan fingerprint density at radius 2 is 2.17 bits per heavy atom. The Morgan fingerprint density at radius 3 is 2.92 bits per heavy atom. The molecule has 2 rings (SSSR count). The summed E-state index contributed by atoms with van der Waals surface area (Å²) in [6.07, 6.45) is 0. The fraction of sp³-hybridized carbons (Fsp3) is 0.167. The molecule has 0 aliphatic carbocycles. The quantitative estimate of drug-likeness (QED) is 0.522. The summed E-state index contributed by atoms with van der Waals surface area (Å²) in [6.45, 7) is 1.82. The molecule has 0 unspecified atom stereocenters. The van der Waals surface area contributed by atoms with Crippen molar-refractivity contribution in [3.8, 4) is 0 Å². The summed E-state index contributed by atoms with van der Waals surface area (Å²) < 4.78 is 0.359. The molecule has 0 saturated carbocycles. The van der Waals surface area contributed by atoms with Crippen LogP contribution in [0.25, 0.3) is 11.0 Å². The molecular weight excluding hydrogens is 176 g/mol. The van der Waals surface area contributed by atoms with Gasteiger partial charge in [-0.25, -0.2) is 4.79 Å². The maximum absolute atomic E-state index is 10.9. The van der Waals surface area contributed by atoms with Crippen LogP contribution in [0.2, 0.25) is 0 Å². The number of aromatic amines is 3. The van der Waals surface area contributed by atoms with Crippen molar-refractivity contribution >= 4 is 23.3 Å². The fourth-order valence-electron chi connectivity index (χ4n) is 1.05. The molecule has 0 amide bonds. The van der Waals surface area contributed by atoms with Crippen LogP contribution in [0.3, 0.4) is 0 Å². The van der Waals surface area contributed by atoms with Crippen LogP contribution in [0.4, 0.5) is 0 Å². The van der Waals surface area contributed by atoms with Crippen LogP contribution >= 0.6 is 12.2 Å². The number of hydrogen-bond donors (Lipinski definition) is 3. The van der Waals surface area contributed by atoms with Gasteiger partial charge in [0.2, 0.25) is 0 Å². The Labute approximate surface area is 71.8 Å². The Balaban J connectivity index is 3.13. The van der Waals surface area contributed by atoms with Crippen molar-refractivity contribution in [2.24, 2.45) is 0 Å². The van der Waals surface area contributed by atoms with E-state index in [2.05, 4.69) is 20.2 Å². The highest BCUT2D eigenvalue weighted by atomic mass is 32.1. The van der Waals surface area contributed by atoms with Crippen molar-refractivity contribution in [1.82, 2.24) is 20.2 Å². The zero-order chi connectivity index (χ0) is 8.72. The predicted molar refractivity (Wildman–Crippen MR) is 46.6 cm³/mol. The number of rotatable bonds is 0. The van der Waals surface area contributed by atoms with E-state index in [0.29, 0.717) is 15.7 Å². The first-order valence-corrected chi connectivity index (χ1v) is 3.76. The third-order valence-corrected chi connectivity index (χ3v) is 1.92. The Morgan fingerprint density at radius 1 is 1.42 bits per heavy atom. The van der Waals surface area contributed by atoms with E-state index in [9.17, 15) is 4.79 Å². The minimum Gasteiger partial charge on any atom is -0.304 e. The second-order valence-corrected chi connectivity index (χ2v) is 2.89. The van der Waals surface area contributed by atoms with Gasteiger partial charge in [0.15, 0.2) is 0 Å². The number of fused-ring (bicyclic) bond motifs is 1. The molecule has 5 nitrogen and oxygen atoms in total. The number of nitrogens with one attached hydrogen (secondary N) is 3. The minimum absolute atomic E-state index is 0.308. The number of hydrogen-bond acceptors (Lipinski definition) is 3. The summed E-state index contributed by atoms with van der Waals surface area (Å²) in [5, 5.41) is 6.67. The first-order valence-electron chi connectivity index (χ1n) is 3.36. The molecule has 0 spiro atoms. The molecule has 0 aromatic carbocycles. The van der Waals surface area contributed by atoms with E-state index in [1.54, 1.807) is 0 Å². The molecule has 62 valence electrons. The normalized spacial score (nSPS) is 10.8. The van der Waals surface area contributed by atoms with Crippen LogP contribution in [0, 0.1) is 11.6 Å². The fourth-order valence-corrected chi connectivity index (χ4v) is 1.29. The summed E-state index contributed by atoms with van der Waals surface area (Å²) in [7, 11) is 0. The van der Waals surface area contributed by atoms with Gasteiger partial charge in [-0.3, -0.25) is 10.1 Å². The van der Waals surface area contributed by atoms with E-state index in [0.717, 1.165) is 5.69 Å². The second kappa shape index (κ2) is 2.28. The van der Waals surface area contributed by atoms with Crippen molar-refractivity contribution in [2.75, 3.05) is 0 Å². The van der Waals surface area contributed by atoms with Crippen LogP contribution in [0.15, 0.2) is 4.79 Å². The van der Waals surface area contributed by atoms with Gasteiger partial charge >= 0.3 is 5.69 Å². The third-order valence-electron chi connectivity index (χ3n) is 1.63. The summed E-state index contributed by atoms with van der Waals surface area (Å²) in [6, 6.07) is 0. The average molecular weight is 182 g/mol. The molecule has 0 bridgehead atoms. The highest BCUT2D eigenvalue weighted by Gasteiger charge is 2.02. The third kappa shape index (κ3) is 0.884. The first-order chi connectivity index (χ1) is 5.68. The Hall–Kier alpha value is -1.43. The van der Waals surface area contributed by atoms with E-state index in [1.807, 2.05) is 6.92 Å². The van der Waals surface area contributed by atoms with Gasteiger partial charge in [-0.15, -0.1) is 0 Å². The molecular formula is C6H6N4OS. The number of aryl methyl sites for hydroxylation is 1. The summed E-state index contributed by atoms with van der Waals surface area (Å²) >= 11 is 4.90. The summed E-state index contributed by atoms with van der Waals surface area (Å²) in [5.41, 5.74) is 1.77. The summed E-state index contributed by atoms with van der Waals surface area (Å²) in [4.78, 5) is 16.0. The highest BCUT2D eigenvalue weighted by molar-refractivity contribution is 7.71. The molecule has 0 fully saturated rings. The van der Waals surface area contributed by atoms with Crippen LogP contribution in [-0.4, -0.2) is 20.2 Å². The van der Waals surface area contributed by atoms with Crippen LogP contribution in [-0.2, 0) is 0 Å². The van der Waals surface area contributed by atoms with E-state index in [-0.39, 0.29) is 5.69 Å². The Bertz CT molecular complexity index is 534. The van der Waals surface area contributed by atoms with Crippen LogP contribution < -0.4 is 5.69 Å². The van der Waals surface area contributed by atoms with Crippen LogP contribution in [0.1, 0.15) is 5.69 Å². The van der Waals surface area contributed by atoms with Gasteiger partial charge < -0.3 is 4.98 Å². The minimum atomic E-state index is -0.308. The van der Waals surface area contributed by atoms with E-state index in [4.69, 9.17) is 12.2 Å². The molecule has 0 saturated heterocycles. The zero-order valence-electron chi connectivity index (χ0n) is 6.26. The maximum Gasteiger partial charge on any atom is 0.324 e. The van der Waals surface area contributed by atoms with Gasteiger partial charge in [-0.2, -0.15) is 5.10 Å². The van der Waals surface area contributed by atoms with Gasteiger partial charge in [0.25, 0.3) is 0 Å². The molecule has 0 aliphatic rings. The molecule has 6 heteroatoms. The van der Waals surface area contributed by atoms with Gasteiger partial charge in [0.05, 0.1) is 11.2 Å². The average Bonchev–Trinajstić information content (AvgIpc) is 2.33. The number of nitrogens with zero attached hydrogens (tertiary/aromatic N) is 1. The Kier molecular flexibility index (Phi) is 1.37. The molecule has 2 aromatic rings. The van der Waals surface area contributed by atoms with E-state index < -0.39 is 0 Å². The van der Waals surface area contributed by atoms with Crippen molar-refractivity contribution in [1.29, 1.82) is 0 Å². The molecule has 2 aromatic heterocycles. The largest absolute Gasteiger partial charge is 0.324 e. The number of H-pyrrole nitrogens is 3.